The third-order valence-electron chi connectivity index (χ3n) is 14.6. The molecule has 1 spiro atoms. The molecular weight excluding hydrogens is 851 g/mol. The predicted molar refractivity (Wildman–Crippen MR) is 287 cm³/mol. The van der Waals surface area contributed by atoms with Crippen molar-refractivity contribution in [1.82, 2.24) is 5.32 Å². The van der Waals surface area contributed by atoms with Gasteiger partial charge < -0.3 is 10.1 Å². The summed E-state index contributed by atoms with van der Waals surface area (Å²) in [5, 5.41) is 8.61. The van der Waals surface area contributed by atoms with Crippen LogP contribution in [0.25, 0.3) is 66.1 Å². The molecule has 0 aromatic heterocycles. The van der Waals surface area contributed by atoms with E-state index in [0.717, 1.165) is 78.8 Å². The van der Waals surface area contributed by atoms with Crippen molar-refractivity contribution in [1.29, 1.82) is 0 Å². The van der Waals surface area contributed by atoms with E-state index in [4.69, 9.17) is 14.7 Å². The smallest absolute Gasteiger partial charge is 0.169 e. The summed E-state index contributed by atoms with van der Waals surface area (Å²) in [5.41, 5.74) is 16.8. The van der Waals surface area contributed by atoms with Crippen molar-refractivity contribution >= 4 is 33.2 Å². The summed E-state index contributed by atoms with van der Waals surface area (Å²) in [7, 11) is 0. The normalized spacial score (nSPS) is 14.9. The molecule has 0 saturated heterocycles. The Balaban J connectivity index is 0.866. The zero-order valence-electron chi connectivity index (χ0n) is 38.1. The summed E-state index contributed by atoms with van der Waals surface area (Å²) in [4.78, 5) is 10.4. The second-order valence-corrected chi connectivity index (χ2v) is 18.4. The molecule has 0 amide bonds. The van der Waals surface area contributed by atoms with Gasteiger partial charge in [0.15, 0.2) is 6.17 Å². The zero-order valence-corrected chi connectivity index (χ0v) is 38.1. The van der Waals surface area contributed by atoms with Crippen LogP contribution in [0.1, 0.15) is 45.1 Å². The van der Waals surface area contributed by atoms with Crippen LogP contribution in [0.5, 0.6) is 11.5 Å². The van der Waals surface area contributed by atoms with Crippen LogP contribution < -0.4 is 10.1 Å². The lowest BCUT2D eigenvalue weighted by Crippen LogP contribution is -2.36. The topological polar surface area (TPSA) is 46.0 Å². The maximum Gasteiger partial charge on any atom is 0.169 e. The van der Waals surface area contributed by atoms with E-state index in [0.29, 0.717) is 0 Å². The minimum absolute atomic E-state index is 0.418. The van der Waals surface area contributed by atoms with E-state index in [1.165, 1.54) is 49.4 Å². The van der Waals surface area contributed by atoms with Crippen LogP contribution in [0.3, 0.4) is 0 Å². The van der Waals surface area contributed by atoms with Gasteiger partial charge >= 0.3 is 0 Å². The van der Waals surface area contributed by atoms with Gasteiger partial charge in [-0.05, 0) is 107 Å². The van der Waals surface area contributed by atoms with Gasteiger partial charge in [0.05, 0.1) is 5.41 Å². The molecule has 11 aromatic rings. The summed E-state index contributed by atoms with van der Waals surface area (Å²) in [6.45, 7) is 0. The number of rotatable bonds is 6. The molecule has 11 aromatic carbocycles. The molecule has 2 aliphatic heterocycles. The summed E-state index contributed by atoms with van der Waals surface area (Å²) < 4.78 is 6.77. The van der Waals surface area contributed by atoms with E-state index in [1.807, 2.05) is 24.3 Å². The number of hydrogen-bond acceptors (Lipinski definition) is 4. The first kappa shape index (κ1) is 40.0. The van der Waals surface area contributed by atoms with Gasteiger partial charge in [-0.25, -0.2) is 9.98 Å². The Labute approximate surface area is 406 Å². The van der Waals surface area contributed by atoms with E-state index in [1.54, 1.807) is 0 Å². The number of aliphatic imine (C=N–C) groups is 2. The van der Waals surface area contributed by atoms with Crippen LogP contribution >= 0.6 is 0 Å². The number of fused-ring (bicyclic) bond motifs is 14. The quantitative estimate of drug-likeness (QED) is 0.169. The van der Waals surface area contributed by atoms with Crippen molar-refractivity contribution in [2.24, 2.45) is 9.98 Å². The molecule has 1 atom stereocenters. The Bertz CT molecular complexity index is 3880. The molecule has 328 valence electrons. The lowest BCUT2D eigenvalue weighted by molar-refractivity contribution is 0.437. The third-order valence-corrected chi connectivity index (χ3v) is 14.6. The first-order chi connectivity index (χ1) is 34.7. The maximum absolute atomic E-state index is 6.77. The SMILES string of the molecule is c1ccc(C2=NC(c3ccc(-c4cccc(-c5ccc6c(c5)C5(c7ccccc7Oc7ccccc75)c5c-6c6ccccc6c6ccccc56)c4)cc3)N=C(c3ccc(-c4ccccc4)cc3)N2)cc1. The van der Waals surface area contributed by atoms with Gasteiger partial charge in [0.1, 0.15) is 23.2 Å². The summed E-state index contributed by atoms with van der Waals surface area (Å²) in [6.07, 6.45) is -0.418. The monoisotopic (exact) mass is 893 g/mol. The number of ether oxygens (including phenoxy) is 1. The molecule has 2 heterocycles. The Hall–Kier alpha value is -9.12. The van der Waals surface area contributed by atoms with Crippen molar-refractivity contribution < 1.29 is 4.74 Å². The summed E-state index contributed by atoms with van der Waals surface area (Å²) in [5.74, 6) is 3.37. The maximum atomic E-state index is 6.77. The predicted octanol–water partition coefficient (Wildman–Crippen LogP) is 16.0. The molecule has 70 heavy (non-hydrogen) atoms. The molecule has 1 aliphatic carbocycles. The second-order valence-electron chi connectivity index (χ2n) is 18.4. The van der Waals surface area contributed by atoms with Gasteiger partial charge in [0, 0.05) is 22.3 Å². The second kappa shape index (κ2) is 16.0. The van der Waals surface area contributed by atoms with Crippen molar-refractivity contribution in [2.45, 2.75) is 11.6 Å². The highest BCUT2D eigenvalue weighted by molar-refractivity contribution is 6.20. The van der Waals surface area contributed by atoms with Gasteiger partial charge in [0.25, 0.3) is 0 Å². The number of hydrogen-bond donors (Lipinski definition) is 1. The molecule has 14 rings (SSSR count). The van der Waals surface area contributed by atoms with Gasteiger partial charge in [-0.2, -0.15) is 0 Å². The fraction of sp³-hybridized carbons (Fsp3) is 0.0303. The lowest BCUT2D eigenvalue weighted by Gasteiger charge is -2.40. The van der Waals surface area contributed by atoms with Crippen LogP contribution in [0.2, 0.25) is 0 Å². The Morgan fingerprint density at radius 3 is 1.46 bits per heavy atom. The minimum Gasteiger partial charge on any atom is -0.457 e. The number of nitrogens with zero attached hydrogens (tertiary/aromatic N) is 2. The molecule has 0 radical (unpaired) electrons. The first-order valence-electron chi connectivity index (χ1n) is 24.0. The molecule has 0 fully saturated rings. The molecular formula is C66H43N3O. The molecule has 3 aliphatic rings. The van der Waals surface area contributed by atoms with E-state index >= 15 is 0 Å². The van der Waals surface area contributed by atoms with E-state index in [-0.39, 0.29) is 0 Å². The Morgan fingerprint density at radius 1 is 0.343 bits per heavy atom. The van der Waals surface area contributed by atoms with Crippen molar-refractivity contribution in [3.8, 4) is 56.0 Å². The number of nitrogens with one attached hydrogen (secondary N) is 1. The van der Waals surface area contributed by atoms with Gasteiger partial charge in [0.2, 0.25) is 0 Å². The average Bonchev–Trinajstić information content (AvgIpc) is 3.75. The lowest BCUT2D eigenvalue weighted by atomic mass is 9.64. The first-order valence-corrected chi connectivity index (χ1v) is 24.0. The molecule has 0 bridgehead atoms. The summed E-state index contributed by atoms with van der Waals surface area (Å²) >= 11 is 0. The molecule has 4 nitrogen and oxygen atoms in total. The average molecular weight is 894 g/mol. The number of benzene rings is 11. The highest BCUT2D eigenvalue weighted by Crippen LogP contribution is 2.65. The van der Waals surface area contributed by atoms with E-state index in [9.17, 15) is 0 Å². The highest BCUT2D eigenvalue weighted by Gasteiger charge is 2.52. The zero-order chi connectivity index (χ0) is 46.2. The van der Waals surface area contributed by atoms with Gasteiger partial charge in [-0.15, -0.1) is 0 Å². The minimum atomic E-state index is -0.630. The summed E-state index contributed by atoms with van der Waals surface area (Å²) in [6, 6.07) is 89.4. The molecule has 0 saturated carbocycles. The molecule has 1 N–H and O–H groups in total. The molecule has 1 unspecified atom stereocenters. The van der Waals surface area contributed by atoms with E-state index < -0.39 is 11.6 Å². The van der Waals surface area contributed by atoms with Crippen LogP contribution in [0.15, 0.2) is 259 Å². The third kappa shape index (κ3) is 6.23. The standard InChI is InChI=1S/C66H43N3O/c1-3-16-42(17-4-1)43-30-34-46(35-31-43)64-67-63(45-18-5-2-6-19-45)68-65(69-64)47-36-32-44(33-37-47)48-20-15-21-49(40-48)50-38-39-55-58(41-50)66(56-26-11-13-28-59(56)70-60-29-14-12-27-57(60)66)62-54-25-10-8-23-52(54)51-22-7-9-24-53(51)61(55)62/h1-41,65H,(H,67,68,69). The van der Waals surface area contributed by atoms with Gasteiger partial charge in [-0.1, -0.05) is 224 Å². The Kier molecular flexibility index (Phi) is 9.15. The number of para-hydroxylation sites is 2. The molecule has 4 heteroatoms. The fourth-order valence-electron chi connectivity index (χ4n) is 11.4. The Morgan fingerprint density at radius 2 is 0.786 bits per heavy atom. The van der Waals surface area contributed by atoms with Crippen LogP contribution in [0, 0.1) is 0 Å². The highest BCUT2D eigenvalue weighted by atomic mass is 16.5. The van der Waals surface area contributed by atoms with Crippen LogP contribution in [-0.4, -0.2) is 11.7 Å². The van der Waals surface area contributed by atoms with Crippen molar-refractivity contribution in [3.63, 3.8) is 0 Å². The largest absolute Gasteiger partial charge is 0.457 e. The van der Waals surface area contributed by atoms with Gasteiger partial charge in [-0.3, -0.25) is 0 Å². The van der Waals surface area contributed by atoms with Crippen LogP contribution in [0.4, 0.5) is 0 Å². The van der Waals surface area contributed by atoms with Crippen molar-refractivity contribution in [2.75, 3.05) is 0 Å². The number of amidine groups is 2. The van der Waals surface area contributed by atoms with Crippen molar-refractivity contribution in [3.05, 3.63) is 288 Å². The van der Waals surface area contributed by atoms with E-state index in [2.05, 4.69) is 230 Å². The van der Waals surface area contributed by atoms with Crippen LogP contribution in [-0.2, 0) is 5.41 Å². The fourth-order valence-corrected chi connectivity index (χ4v) is 11.4.